The van der Waals surface area contributed by atoms with Gasteiger partial charge in [0.2, 0.25) is 5.91 Å². The maximum absolute atomic E-state index is 12.9. The lowest BCUT2D eigenvalue weighted by Crippen LogP contribution is -2.23. The number of halogens is 1. The normalized spacial score (nSPS) is 18.6. The fraction of sp³-hybridized carbons (Fsp3) is 0.167. The van der Waals surface area contributed by atoms with E-state index in [-0.39, 0.29) is 24.1 Å². The molecule has 0 bridgehead atoms. The van der Waals surface area contributed by atoms with E-state index in [4.69, 9.17) is 0 Å². The van der Waals surface area contributed by atoms with Crippen LogP contribution in [0.5, 0.6) is 0 Å². The van der Waals surface area contributed by atoms with Crippen LogP contribution in [0.25, 0.3) is 6.08 Å². The minimum Gasteiger partial charge on any atom is -0.282 e. The van der Waals surface area contributed by atoms with Crippen LogP contribution in [0, 0.1) is 5.82 Å². The monoisotopic (exact) mass is 219 g/mol. The first-order valence-electron chi connectivity index (χ1n) is 4.85. The first-order chi connectivity index (χ1) is 7.58. The molecule has 0 radical (unpaired) electrons. The molecule has 4 heteroatoms. The zero-order chi connectivity index (χ0) is 11.7. The number of rotatable bonds is 1. The highest BCUT2D eigenvalue weighted by Gasteiger charge is 2.30. The van der Waals surface area contributed by atoms with Crippen LogP contribution in [-0.2, 0) is 9.59 Å². The lowest BCUT2D eigenvalue weighted by Gasteiger charge is -2.02. The average molecular weight is 219 g/mol. The average Bonchev–Trinajstić information content (AvgIpc) is 2.47. The Kier molecular flexibility index (Phi) is 2.56. The molecular formula is C12H10FNO2. The Morgan fingerprint density at radius 3 is 2.69 bits per heavy atom. The number of likely N-dealkylation sites (tertiary alicyclic amines) is 1. The number of amides is 2. The van der Waals surface area contributed by atoms with E-state index in [1.165, 1.54) is 19.2 Å². The first-order valence-corrected chi connectivity index (χ1v) is 4.85. The third-order valence-electron chi connectivity index (χ3n) is 2.48. The summed E-state index contributed by atoms with van der Waals surface area (Å²) in [4.78, 5) is 23.9. The number of nitrogens with zero attached hydrogens (tertiary/aromatic N) is 1. The third kappa shape index (κ3) is 1.86. The van der Waals surface area contributed by atoms with E-state index in [9.17, 15) is 14.0 Å². The SMILES string of the molecule is CN1C(=O)C/C(=C\c2cccc(F)c2)C1=O. The van der Waals surface area contributed by atoms with Crippen molar-refractivity contribution in [1.82, 2.24) is 4.90 Å². The number of carbonyl (C=O) groups excluding carboxylic acids is 2. The number of likely N-dealkylation sites (N-methyl/N-ethyl adjacent to an activating group) is 1. The van der Waals surface area contributed by atoms with Crippen LogP contribution in [-0.4, -0.2) is 23.8 Å². The van der Waals surface area contributed by atoms with Gasteiger partial charge in [0.05, 0.1) is 6.42 Å². The molecule has 1 aromatic rings. The number of imide groups is 1. The summed E-state index contributed by atoms with van der Waals surface area (Å²) in [7, 11) is 1.44. The Balaban J connectivity index is 2.33. The van der Waals surface area contributed by atoms with Gasteiger partial charge in [-0.05, 0) is 23.8 Å². The van der Waals surface area contributed by atoms with Crippen LogP contribution in [0.3, 0.4) is 0 Å². The van der Waals surface area contributed by atoms with Gasteiger partial charge in [-0.15, -0.1) is 0 Å². The molecule has 0 aromatic heterocycles. The van der Waals surface area contributed by atoms with Gasteiger partial charge >= 0.3 is 0 Å². The first kappa shape index (κ1) is 10.5. The largest absolute Gasteiger partial charge is 0.282 e. The number of hydrogen-bond acceptors (Lipinski definition) is 2. The maximum atomic E-state index is 12.9. The van der Waals surface area contributed by atoms with Crippen LogP contribution in [0.15, 0.2) is 29.8 Å². The lowest BCUT2D eigenvalue weighted by molar-refractivity contribution is -0.135. The van der Waals surface area contributed by atoms with E-state index in [2.05, 4.69) is 0 Å². The highest BCUT2D eigenvalue weighted by atomic mass is 19.1. The van der Waals surface area contributed by atoms with Crippen LogP contribution in [0.1, 0.15) is 12.0 Å². The molecule has 0 unspecified atom stereocenters. The van der Waals surface area contributed by atoms with Crippen molar-refractivity contribution in [2.24, 2.45) is 0 Å². The van der Waals surface area contributed by atoms with Crippen molar-refractivity contribution >= 4 is 17.9 Å². The molecule has 1 fully saturated rings. The molecule has 0 aliphatic carbocycles. The molecule has 1 aliphatic heterocycles. The van der Waals surface area contributed by atoms with E-state index >= 15 is 0 Å². The van der Waals surface area contributed by atoms with E-state index in [0.29, 0.717) is 11.1 Å². The molecule has 3 nitrogen and oxygen atoms in total. The zero-order valence-corrected chi connectivity index (χ0v) is 8.74. The minimum atomic E-state index is -0.362. The summed E-state index contributed by atoms with van der Waals surface area (Å²) in [6.45, 7) is 0. The van der Waals surface area contributed by atoms with E-state index < -0.39 is 0 Å². The van der Waals surface area contributed by atoms with Gasteiger partial charge < -0.3 is 0 Å². The molecule has 1 aliphatic rings. The Morgan fingerprint density at radius 2 is 2.12 bits per heavy atom. The standard InChI is InChI=1S/C12H10FNO2/c1-14-11(15)7-9(12(14)16)5-8-3-2-4-10(13)6-8/h2-6H,7H2,1H3/b9-5+. The van der Waals surface area contributed by atoms with Crippen LogP contribution >= 0.6 is 0 Å². The molecule has 1 aromatic carbocycles. The van der Waals surface area contributed by atoms with Gasteiger partial charge in [0.1, 0.15) is 5.82 Å². The van der Waals surface area contributed by atoms with Crippen molar-refractivity contribution in [3.8, 4) is 0 Å². The maximum Gasteiger partial charge on any atom is 0.256 e. The molecule has 2 rings (SSSR count). The minimum absolute atomic E-state index is 0.0891. The summed E-state index contributed by atoms with van der Waals surface area (Å²) >= 11 is 0. The van der Waals surface area contributed by atoms with Gasteiger partial charge in [-0.2, -0.15) is 0 Å². The van der Waals surface area contributed by atoms with E-state index in [1.54, 1.807) is 18.2 Å². The zero-order valence-electron chi connectivity index (χ0n) is 8.74. The highest BCUT2D eigenvalue weighted by molar-refractivity contribution is 6.15. The Morgan fingerprint density at radius 1 is 1.38 bits per heavy atom. The second-order valence-electron chi connectivity index (χ2n) is 3.66. The van der Waals surface area contributed by atoms with Gasteiger partial charge in [-0.3, -0.25) is 14.5 Å². The second kappa shape index (κ2) is 3.89. The summed E-state index contributed by atoms with van der Waals surface area (Å²) < 4.78 is 12.9. The van der Waals surface area contributed by atoms with Crippen molar-refractivity contribution < 1.29 is 14.0 Å². The fourth-order valence-electron chi connectivity index (χ4n) is 1.60. The predicted octanol–water partition coefficient (Wildman–Crippen LogP) is 1.60. The molecule has 16 heavy (non-hydrogen) atoms. The second-order valence-corrected chi connectivity index (χ2v) is 3.66. The third-order valence-corrected chi connectivity index (χ3v) is 2.48. The summed E-state index contributed by atoms with van der Waals surface area (Å²) in [5, 5.41) is 0. The van der Waals surface area contributed by atoms with E-state index in [1.807, 2.05) is 0 Å². The summed E-state index contributed by atoms with van der Waals surface area (Å²) in [6, 6.07) is 5.90. The topological polar surface area (TPSA) is 37.4 Å². The van der Waals surface area contributed by atoms with Crippen molar-refractivity contribution in [3.05, 3.63) is 41.2 Å². The number of carbonyl (C=O) groups is 2. The van der Waals surface area contributed by atoms with Gasteiger partial charge in [0, 0.05) is 12.6 Å². The summed E-state index contributed by atoms with van der Waals surface area (Å²) in [6.07, 6.45) is 1.64. The molecule has 0 N–H and O–H groups in total. The van der Waals surface area contributed by atoms with Gasteiger partial charge in [-0.1, -0.05) is 12.1 Å². The van der Waals surface area contributed by atoms with Gasteiger partial charge in [-0.25, -0.2) is 4.39 Å². The molecule has 1 saturated heterocycles. The van der Waals surface area contributed by atoms with Crippen LogP contribution in [0.4, 0.5) is 4.39 Å². The molecule has 0 saturated carbocycles. The van der Waals surface area contributed by atoms with Gasteiger partial charge in [0.15, 0.2) is 0 Å². The summed E-state index contributed by atoms with van der Waals surface area (Å²) in [5.74, 6) is -0.901. The Bertz CT molecular complexity index is 494. The molecule has 82 valence electrons. The summed E-state index contributed by atoms with van der Waals surface area (Å²) in [5.41, 5.74) is 0.990. The van der Waals surface area contributed by atoms with Crippen LogP contribution < -0.4 is 0 Å². The number of hydrogen-bond donors (Lipinski definition) is 0. The van der Waals surface area contributed by atoms with Gasteiger partial charge in [0.25, 0.3) is 5.91 Å². The highest BCUT2D eigenvalue weighted by Crippen LogP contribution is 2.20. The fourth-order valence-corrected chi connectivity index (χ4v) is 1.60. The van der Waals surface area contributed by atoms with Crippen molar-refractivity contribution in [2.75, 3.05) is 7.05 Å². The molecular weight excluding hydrogens is 209 g/mol. The van der Waals surface area contributed by atoms with E-state index in [0.717, 1.165) is 4.90 Å². The van der Waals surface area contributed by atoms with Crippen molar-refractivity contribution in [1.29, 1.82) is 0 Å². The molecule has 2 amide bonds. The molecule has 1 heterocycles. The number of benzene rings is 1. The van der Waals surface area contributed by atoms with Crippen molar-refractivity contribution in [2.45, 2.75) is 6.42 Å². The van der Waals surface area contributed by atoms with Crippen molar-refractivity contribution in [3.63, 3.8) is 0 Å². The van der Waals surface area contributed by atoms with Crippen LogP contribution in [0.2, 0.25) is 0 Å². The Hall–Kier alpha value is -1.97. The predicted molar refractivity (Wildman–Crippen MR) is 56.8 cm³/mol. The molecule has 0 atom stereocenters. The smallest absolute Gasteiger partial charge is 0.256 e. The lowest BCUT2D eigenvalue weighted by atomic mass is 10.1. The quantitative estimate of drug-likeness (QED) is 0.531. The molecule has 0 spiro atoms. The Labute approximate surface area is 92.2 Å².